The lowest BCUT2D eigenvalue weighted by atomic mass is 10.1. The van der Waals surface area contributed by atoms with Crippen molar-refractivity contribution in [2.45, 2.75) is 26.3 Å². The van der Waals surface area contributed by atoms with E-state index in [1.165, 1.54) is 0 Å². The average Bonchev–Trinajstić information content (AvgIpc) is 2.84. The lowest BCUT2D eigenvalue weighted by molar-refractivity contribution is 0.0948. The number of carbonyl (C=O) groups is 2. The van der Waals surface area contributed by atoms with Crippen molar-refractivity contribution in [3.63, 3.8) is 0 Å². The fourth-order valence-corrected chi connectivity index (χ4v) is 3.17. The molecule has 0 spiro atoms. The van der Waals surface area contributed by atoms with E-state index in [1.807, 2.05) is 30.3 Å². The smallest absolute Gasteiger partial charge is 0.257 e. The molecule has 0 aliphatic carbocycles. The van der Waals surface area contributed by atoms with E-state index in [0.717, 1.165) is 24.2 Å². The first kappa shape index (κ1) is 23.9. The quantitative estimate of drug-likeness (QED) is 0.311. The molecule has 170 valence electrons. The number of carbonyl (C=O) groups excluding carboxylic acids is 2. The van der Waals surface area contributed by atoms with Gasteiger partial charge in [0.15, 0.2) is 5.11 Å². The second kappa shape index (κ2) is 12.4. The van der Waals surface area contributed by atoms with Crippen molar-refractivity contribution in [1.29, 1.82) is 0 Å². The van der Waals surface area contributed by atoms with E-state index in [1.54, 1.807) is 48.5 Å². The molecule has 2 amide bonds. The molecule has 33 heavy (non-hydrogen) atoms. The van der Waals surface area contributed by atoms with Gasteiger partial charge in [-0.15, -0.1) is 0 Å². The van der Waals surface area contributed by atoms with Crippen molar-refractivity contribution in [2.75, 3.05) is 11.9 Å². The standard InChI is InChI=1S/C26H27N3O3S/c1-2-3-17-32-23-15-11-21(12-16-23)25(31)29-26(33)28-22-13-9-20(10-14-22)24(30)27-18-19-7-5-4-6-8-19/h4-16H,2-3,17-18H2,1H3,(H,27,30)(H2,28,29,31,33). The molecule has 0 aliphatic rings. The summed E-state index contributed by atoms with van der Waals surface area (Å²) in [6, 6.07) is 23.5. The Morgan fingerprint density at radius 2 is 1.48 bits per heavy atom. The Hall–Kier alpha value is -3.71. The van der Waals surface area contributed by atoms with Gasteiger partial charge in [0.1, 0.15) is 5.75 Å². The first-order valence-electron chi connectivity index (χ1n) is 10.8. The van der Waals surface area contributed by atoms with Gasteiger partial charge in [-0.25, -0.2) is 0 Å². The molecule has 0 radical (unpaired) electrons. The Bertz CT molecular complexity index is 1070. The van der Waals surface area contributed by atoms with Crippen LogP contribution >= 0.6 is 12.2 Å². The van der Waals surface area contributed by atoms with Gasteiger partial charge < -0.3 is 15.4 Å². The van der Waals surface area contributed by atoms with Crippen LogP contribution in [0.3, 0.4) is 0 Å². The van der Waals surface area contributed by atoms with Gasteiger partial charge in [-0.2, -0.15) is 0 Å². The Morgan fingerprint density at radius 3 is 2.15 bits per heavy atom. The number of nitrogens with one attached hydrogen (secondary N) is 3. The molecular weight excluding hydrogens is 434 g/mol. The molecular formula is C26H27N3O3S. The van der Waals surface area contributed by atoms with Gasteiger partial charge in [0.05, 0.1) is 6.61 Å². The van der Waals surface area contributed by atoms with Crippen LogP contribution in [0.25, 0.3) is 0 Å². The van der Waals surface area contributed by atoms with Crippen LogP contribution in [0.2, 0.25) is 0 Å². The van der Waals surface area contributed by atoms with Crippen molar-refractivity contribution in [3.05, 3.63) is 95.6 Å². The second-order valence-electron chi connectivity index (χ2n) is 7.38. The molecule has 3 N–H and O–H groups in total. The van der Waals surface area contributed by atoms with Gasteiger partial charge in [0.2, 0.25) is 0 Å². The number of hydrogen-bond donors (Lipinski definition) is 3. The normalized spacial score (nSPS) is 10.2. The van der Waals surface area contributed by atoms with Gasteiger partial charge >= 0.3 is 0 Å². The summed E-state index contributed by atoms with van der Waals surface area (Å²) in [6.07, 6.45) is 2.05. The Balaban J connectivity index is 1.46. The third-order valence-corrected chi connectivity index (χ3v) is 5.02. The van der Waals surface area contributed by atoms with Crippen molar-refractivity contribution in [3.8, 4) is 5.75 Å². The fraction of sp³-hybridized carbons (Fsp3) is 0.192. The summed E-state index contributed by atoms with van der Waals surface area (Å²) < 4.78 is 5.61. The van der Waals surface area contributed by atoms with Gasteiger partial charge in [-0.05, 0) is 72.7 Å². The molecule has 0 saturated heterocycles. The van der Waals surface area contributed by atoms with E-state index < -0.39 is 0 Å². The summed E-state index contributed by atoms with van der Waals surface area (Å²) in [5.74, 6) is 0.251. The van der Waals surface area contributed by atoms with Gasteiger partial charge in [0, 0.05) is 23.4 Å². The lowest BCUT2D eigenvalue weighted by Crippen LogP contribution is -2.34. The Morgan fingerprint density at radius 1 is 0.848 bits per heavy atom. The van der Waals surface area contributed by atoms with Crippen molar-refractivity contribution < 1.29 is 14.3 Å². The summed E-state index contributed by atoms with van der Waals surface area (Å²) in [5, 5.41) is 8.67. The van der Waals surface area contributed by atoms with E-state index in [0.29, 0.717) is 30.0 Å². The lowest BCUT2D eigenvalue weighted by Gasteiger charge is -2.11. The maximum Gasteiger partial charge on any atom is 0.257 e. The molecule has 0 aromatic heterocycles. The third-order valence-electron chi connectivity index (χ3n) is 4.81. The number of ether oxygens (including phenoxy) is 1. The van der Waals surface area contributed by atoms with Crippen LogP contribution < -0.4 is 20.7 Å². The Labute approximate surface area is 199 Å². The highest BCUT2D eigenvalue weighted by molar-refractivity contribution is 7.80. The van der Waals surface area contributed by atoms with Crippen LogP contribution in [0.4, 0.5) is 5.69 Å². The zero-order valence-corrected chi connectivity index (χ0v) is 19.3. The molecule has 6 nitrogen and oxygen atoms in total. The molecule has 0 bridgehead atoms. The highest BCUT2D eigenvalue weighted by Crippen LogP contribution is 2.13. The molecule has 0 fully saturated rings. The van der Waals surface area contributed by atoms with Crippen LogP contribution in [0, 0.1) is 0 Å². The molecule has 0 saturated carbocycles. The van der Waals surface area contributed by atoms with Crippen LogP contribution in [0.1, 0.15) is 46.0 Å². The number of rotatable bonds is 9. The molecule has 0 unspecified atom stereocenters. The predicted octanol–water partition coefficient (Wildman–Crippen LogP) is 4.92. The number of thiocarbonyl (C=S) groups is 1. The van der Waals surface area contributed by atoms with E-state index in [9.17, 15) is 9.59 Å². The zero-order chi connectivity index (χ0) is 23.5. The number of anilines is 1. The minimum atomic E-state index is -0.315. The van der Waals surface area contributed by atoms with Gasteiger partial charge in [-0.1, -0.05) is 43.7 Å². The second-order valence-corrected chi connectivity index (χ2v) is 7.79. The topological polar surface area (TPSA) is 79.5 Å². The number of benzene rings is 3. The SMILES string of the molecule is CCCCOc1ccc(C(=O)NC(=S)Nc2ccc(C(=O)NCc3ccccc3)cc2)cc1. The monoisotopic (exact) mass is 461 g/mol. The molecule has 0 heterocycles. The number of unbranched alkanes of at least 4 members (excludes halogenated alkanes) is 1. The summed E-state index contributed by atoms with van der Waals surface area (Å²) >= 11 is 5.24. The fourth-order valence-electron chi connectivity index (χ4n) is 2.96. The van der Waals surface area contributed by atoms with Gasteiger partial charge in [0.25, 0.3) is 11.8 Å². The van der Waals surface area contributed by atoms with E-state index in [4.69, 9.17) is 17.0 Å². The highest BCUT2D eigenvalue weighted by Gasteiger charge is 2.09. The molecule has 7 heteroatoms. The van der Waals surface area contributed by atoms with Crippen LogP contribution in [0.15, 0.2) is 78.9 Å². The predicted molar refractivity (Wildman–Crippen MR) is 135 cm³/mol. The number of amides is 2. The molecule has 3 aromatic carbocycles. The van der Waals surface area contributed by atoms with Crippen molar-refractivity contribution in [1.82, 2.24) is 10.6 Å². The van der Waals surface area contributed by atoms with E-state index >= 15 is 0 Å². The minimum Gasteiger partial charge on any atom is -0.494 e. The maximum atomic E-state index is 12.4. The van der Waals surface area contributed by atoms with Crippen LogP contribution in [-0.4, -0.2) is 23.5 Å². The van der Waals surface area contributed by atoms with Crippen LogP contribution in [0.5, 0.6) is 5.75 Å². The molecule has 0 aliphatic heterocycles. The number of hydrogen-bond acceptors (Lipinski definition) is 4. The largest absolute Gasteiger partial charge is 0.494 e. The zero-order valence-electron chi connectivity index (χ0n) is 18.5. The third kappa shape index (κ3) is 7.73. The Kier molecular flexibility index (Phi) is 8.97. The average molecular weight is 462 g/mol. The summed E-state index contributed by atoms with van der Waals surface area (Å²) in [5.41, 5.74) is 2.71. The van der Waals surface area contributed by atoms with E-state index in [-0.39, 0.29) is 16.9 Å². The van der Waals surface area contributed by atoms with Crippen molar-refractivity contribution in [2.24, 2.45) is 0 Å². The first-order chi connectivity index (χ1) is 16.0. The molecule has 0 atom stereocenters. The summed E-state index contributed by atoms with van der Waals surface area (Å²) in [7, 11) is 0. The molecule has 3 rings (SSSR count). The molecule has 3 aromatic rings. The first-order valence-corrected chi connectivity index (χ1v) is 11.2. The minimum absolute atomic E-state index is 0.164. The maximum absolute atomic E-state index is 12.4. The van der Waals surface area contributed by atoms with Gasteiger partial charge in [-0.3, -0.25) is 14.9 Å². The summed E-state index contributed by atoms with van der Waals surface area (Å²) in [6.45, 7) is 3.22. The van der Waals surface area contributed by atoms with Crippen molar-refractivity contribution >= 4 is 34.8 Å². The summed E-state index contributed by atoms with van der Waals surface area (Å²) in [4.78, 5) is 24.7. The highest BCUT2D eigenvalue weighted by atomic mass is 32.1. The van der Waals surface area contributed by atoms with Crippen LogP contribution in [-0.2, 0) is 6.54 Å². The van der Waals surface area contributed by atoms with E-state index in [2.05, 4.69) is 22.9 Å².